The molecule has 148 valence electrons. The number of pyridine rings is 1. The molecule has 0 saturated heterocycles. The van der Waals surface area contributed by atoms with Crippen molar-refractivity contribution in [1.29, 1.82) is 0 Å². The maximum atomic E-state index is 13.0. The van der Waals surface area contributed by atoms with Crippen LogP contribution in [0.4, 0.5) is 0 Å². The van der Waals surface area contributed by atoms with E-state index in [0.29, 0.717) is 11.7 Å². The molecular formula is C24H23NO3S. The highest BCUT2D eigenvalue weighted by atomic mass is 32.2. The average Bonchev–Trinajstić information content (AvgIpc) is 3.47. The zero-order valence-corrected chi connectivity index (χ0v) is 17.4. The number of aryl methyl sites for hydroxylation is 1. The number of aromatic nitrogens is 1. The maximum Gasteiger partial charge on any atom is 0.329 e. The van der Waals surface area contributed by atoms with Gasteiger partial charge in [-0.2, -0.15) is 0 Å². The Balaban J connectivity index is 1.65. The van der Waals surface area contributed by atoms with Gasteiger partial charge in [0.15, 0.2) is 0 Å². The Hall–Kier alpha value is -2.53. The summed E-state index contributed by atoms with van der Waals surface area (Å²) in [5.41, 5.74) is 4.78. The lowest BCUT2D eigenvalue weighted by Crippen LogP contribution is -2.30. The molecule has 29 heavy (non-hydrogen) atoms. The molecule has 1 aliphatic carbocycles. The molecule has 1 atom stereocenters. The van der Waals surface area contributed by atoms with Crippen molar-refractivity contribution < 1.29 is 9.53 Å². The van der Waals surface area contributed by atoms with Gasteiger partial charge in [-0.15, -0.1) is 11.8 Å². The van der Waals surface area contributed by atoms with E-state index >= 15 is 0 Å². The van der Waals surface area contributed by atoms with E-state index in [1.807, 2.05) is 0 Å². The first-order valence-electron chi connectivity index (χ1n) is 10.0. The minimum Gasteiger partial charge on any atom is -0.467 e. The van der Waals surface area contributed by atoms with Crippen LogP contribution < -0.4 is 5.56 Å². The van der Waals surface area contributed by atoms with Crippen molar-refractivity contribution in [3.05, 3.63) is 75.1 Å². The Bertz CT molecular complexity index is 1190. The fraction of sp³-hybridized carbons (Fsp3) is 0.333. The molecule has 5 heteroatoms. The third-order valence-electron chi connectivity index (χ3n) is 6.09. The van der Waals surface area contributed by atoms with Crippen molar-refractivity contribution in [1.82, 2.24) is 4.57 Å². The number of methoxy groups -OCH3 is 1. The zero-order valence-electron chi connectivity index (χ0n) is 16.6. The Labute approximate surface area is 173 Å². The molecule has 1 aliphatic heterocycles. The van der Waals surface area contributed by atoms with Crippen LogP contribution in [0.3, 0.4) is 0 Å². The second kappa shape index (κ2) is 7.06. The number of esters is 1. The number of rotatable bonds is 4. The summed E-state index contributed by atoms with van der Waals surface area (Å²) in [6, 6.07) is 14.1. The number of carbonyl (C=O) groups is 1. The predicted molar refractivity (Wildman–Crippen MR) is 116 cm³/mol. The van der Waals surface area contributed by atoms with Crippen molar-refractivity contribution >= 4 is 28.5 Å². The minimum atomic E-state index is -0.515. The largest absolute Gasteiger partial charge is 0.467 e. The van der Waals surface area contributed by atoms with Crippen molar-refractivity contribution in [2.45, 2.75) is 43.2 Å². The molecule has 0 spiro atoms. The third-order valence-corrected chi connectivity index (χ3v) is 7.26. The van der Waals surface area contributed by atoms with Gasteiger partial charge in [-0.3, -0.25) is 9.36 Å². The summed E-state index contributed by atoms with van der Waals surface area (Å²) >= 11 is 1.62. The van der Waals surface area contributed by atoms with E-state index in [1.165, 1.54) is 34.6 Å². The van der Waals surface area contributed by atoms with Crippen LogP contribution in [0.15, 0.2) is 52.3 Å². The smallest absolute Gasteiger partial charge is 0.329 e. The van der Waals surface area contributed by atoms with Crippen LogP contribution in [0.2, 0.25) is 0 Å². The van der Waals surface area contributed by atoms with Crippen molar-refractivity contribution in [2.75, 3.05) is 12.9 Å². The van der Waals surface area contributed by atoms with E-state index in [0.717, 1.165) is 29.9 Å². The SMILES string of the molecule is COC(=O)[C@@H]1CSc2c(C3CC3)c(Cc3ccc(C)c4ccccc34)cc(=O)n21. The first-order valence-corrected chi connectivity index (χ1v) is 11.0. The molecule has 4 nitrogen and oxygen atoms in total. The third kappa shape index (κ3) is 3.08. The van der Waals surface area contributed by atoms with Crippen molar-refractivity contribution in [3.63, 3.8) is 0 Å². The van der Waals surface area contributed by atoms with E-state index in [1.54, 1.807) is 22.4 Å². The van der Waals surface area contributed by atoms with Gasteiger partial charge in [0.05, 0.1) is 12.1 Å². The monoisotopic (exact) mass is 405 g/mol. The Morgan fingerprint density at radius 1 is 1.14 bits per heavy atom. The number of carbonyl (C=O) groups excluding carboxylic acids is 1. The first-order chi connectivity index (χ1) is 14.1. The molecular weight excluding hydrogens is 382 g/mol. The molecule has 0 unspecified atom stereocenters. The molecule has 3 aromatic rings. The molecule has 1 fully saturated rings. The lowest BCUT2D eigenvalue weighted by atomic mass is 9.93. The van der Waals surface area contributed by atoms with Crippen molar-refractivity contribution in [2.24, 2.45) is 0 Å². The number of nitrogens with zero attached hydrogens (tertiary/aromatic N) is 1. The number of ether oxygens (including phenoxy) is 1. The second-order valence-corrected chi connectivity index (χ2v) is 8.99. The van der Waals surface area contributed by atoms with Crippen LogP contribution in [-0.2, 0) is 16.0 Å². The van der Waals surface area contributed by atoms with Gasteiger partial charge in [0.1, 0.15) is 6.04 Å². The molecule has 2 aliphatic rings. The summed E-state index contributed by atoms with van der Waals surface area (Å²) in [5, 5.41) is 3.48. The van der Waals surface area contributed by atoms with Crippen LogP contribution in [0.1, 0.15) is 47.1 Å². The van der Waals surface area contributed by atoms with Gasteiger partial charge in [0.25, 0.3) is 5.56 Å². The lowest BCUT2D eigenvalue weighted by Gasteiger charge is -2.18. The van der Waals surface area contributed by atoms with Crippen LogP contribution in [0.5, 0.6) is 0 Å². The number of hydrogen-bond acceptors (Lipinski definition) is 4. The van der Waals surface area contributed by atoms with Gasteiger partial charge in [0, 0.05) is 11.8 Å². The normalized spacial score (nSPS) is 18.1. The van der Waals surface area contributed by atoms with Gasteiger partial charge in [-0.05, 0) is 65.1 Å². The molecule has 1 saturated carbocycles. The van der Waals surface area contributed by atoms with Crippen LogP contribution >= 0.6 is 11.8 Å². The first kappa shape index (κ1) is 18.5. The summed E-state index contributed by atoms with van der Waals surface area (Å²) in [6.07, 6.45) is 3.03. The maximum absolute atomic E-state index is 13.0. The van der Waals surface area contributed by atoms with E-state index in [4.69, 9.17) is 4.74 Å². The van der Waals surface area contributed by atoms with Gasteiger partial charge < -0.3 is 4.74 Å². The Morgan fingerprint density at radius 2 is 1.90 bits per heavy atom. The summed E-state index contributed by atoms with van der Waals surface area (Å²) in [5.74, 6) is 0.725. The summed E-state index contributed by atoms with van der Waals surface area (Å²) in [7, 11) is 1.38. The van der Waals surface area contributed by atoms with Crippen LogP contribution in [0.25, 0.3) is 10.8 Å². The van der Waals surface area contributed by atoms with Crippen molar-refractivity contribution in [3.8, 4) is 0 Å². The molecule has 0 bridgehead atoms. The average molecular weight is 406 g/mol. The van der Waals surface area contributed by atoms with Crippen LogP contribution in [0, 0.1) is 6.92 Å². The summed E-state index contributed by atoms with van der Waals surface area (Å²) < 4.78 is 6.60. The Kier molecular flexibility index (Phi) is 4.50. The quantitative estimate of drug-likeness (QED) is 0.596. The van der Waals surface area contributed by atoms with Gasteiger partial charge in [-0.1, -0.05) is 36.4 Å². The molecule has 1 aromatic heterocycles. The molecule has 0 radical (unpaired) electrons. The second-order valence-electron chi connectivity index (χ2n) is 7.98. The number of fused-ring (bicyclic) bond motifs is 2. The highest BCUT2D eigenvalue weighted by Crippen LogP contribution is 2.48. The fourth-order valence-electron chi connectivity index (χ4n) is 4.47. The van der Waals surface area contributed by atoms with Crippen LogP contribution in [-0.4, -0.2) is 23.4 Å². The lowest BCUT2D eigenvalue weighted by molar-refractivity contribution is -0.143. The topological polar surface area (TPSA) is 48.3 Å². The molecule has 2 aromatic carbocycles. The standard InChI is InChI=1S/C24H23NO3S/c1-14-7-8-16(19-6-4-3-5-18(14)19)11-17-12-21(26)25-20(24(27)28-2)13-29-23(25)22(17)15-9-10-15/h3-8,12,15,20H,9-11,13H2,1-2H3/t20-/m0/s1. The molecule has 0 N–H and O–H groups in total. The summed E-state index contributed by atoms with van der Waals surface area (Å²) in [4.78, 5) is 25.2. The van der Waals surface area contributed by atoms with E-state index < -0.39 is 6.04 Å². The minimum absolute atomic E-state index is 0.101. The molecule has 5 rings (SSSR count). The fourth-order valence-corrected chi connectivity index (χ4v) is 5.88. The zero-order chi connectivity index (χ0) is 20.1. The predicted octanol–water partition coefficient (Wildman–Crippen LogP) is 4.60. The molecule has 2 heterocycles. The van der Waals surface area contributed by atoms with E-state index in [2.05, 4.69) is 43.3 Å². The summed E-state index contributed by atoms with van der Waals surface area (Å²) in [6.45, 7) is 2.13. The highest BCUT2D eigenvalue weighted by molar-refractivity contribution is 7.99. The van der Waals surface area contributed by atoms with E-state index in [9.17, 15) is 9.59 Å². The number of hydrogen-bond donors (Lipinski definition) is 0. The van der Waals surface area contributed by atoms with Gasteiger partial charge in [0.2, 0.25) is 0 Å². The number of thioether (sulfide) groups is 1. The molecule has 0 amide bonds. The number of benzene rings is 2. The van der Waals surface area contributed by atoms with Gasteiger partial charge in [-0.25, -0.2) is 4.79 Å². The van der Waals surface area contributed by atoms with E-state index in [-0.39, 0.29) is 11.5 Å². The van der Waals surface area contributed by atoms with Gasteiger partial charge >= 0.3 is 5.97 Å². The Morgan fingerprint density at radius 3 is 2.62 bits per heavy atom. The highest BCUT2D eigenvalue weighted by Gasteiger charge is 2.38.